The molecule has 0 amide bonds. The van der Waals surface area contributed by atoms with Crippen LogP contribution in [0.3, 0.4) is 0 Å². The Bertz CT molecular complexity index is 89.6. The van der Waals surface area contributed by atoms with Crippen molar-refractivity contribution >= 4 is 0 Å². The molecule has 1 fully saturated rings. The molecule has 0 bridgehead atoms. The fraction of sp³-hybridized carbons (Fsp3) is 1.00. The van der Waals surface area contributed by atoms with Gasteiger partial charge in [-0.1, -0.05) is 19.3 Å². The molecule has 0 radical (unpaired) electrons. The second-order valence-corrected chi connectivity index (χ2v) is 3.27. The molecule has 0 aromatic carbocycles. The van der Waals surface area contributed by atoms with Crippen molar-refractivity contribution in [2.75, 3.05) is 13.2 Å². The van der Waals surface area contributed by atoms with Crippen molar-refractivity contribution in [1.82, 2.24) is 0 Å². The molecule has 0 atom stereocenters. The highest BCUT2D eigenvalue weighted by Gasteiger charge is 2.12. The quantitative estimate of drug-likeness (QED) is 0.630. The molecule has 0 unspecified atom stereocenters. The summed E-state index contributed by atoms with van der Waals surface area (Å²) in [5.41, 5.74) is 5.36. The van der Waals surface area contributed by atoms with Crippen LogP contribution in [0.4, 0.5) is 0 Å². The highest BCUT2D eigenvalue weighted by Crippen LogP contribution is 2.20. The Labute approximate surface area is 69.1 Å². The van der Waals surface area contributed by atoms with Crippen LogP contribution in [0, 0.1) is 0 Å². The molecule has 66 valence electrons. The van der Waals surface area contributed by atoms with E-state index in [1.165, 1.54) is 32.1 Å². The zero-order valence-corrected chi connectivity index (χ0v) is 7.22. The zero-order chi connectivity index (χ0) is 7.94. The zero-order valence-electron chi connectivity index (χ0n) is 7.22. The second-order valence-electron chi connectivity index (χ2n) is 3.27. The number of rotatable bonds is 4. The molecule has 1 rings (SSSR count). The minimum Gasteiger partial charge on any atom is -0.378 e. The normalized spacial score (nSPS) is 20.5. The maximum Gasteiger partial charge on any atom is 0.0575 e. The first-order valence-corrected chi connectivity index (χ1v) is 4.75. The molecule has 1 aliphatic carbocycles. The van der Waals surface area contributed by atoms with Crippen LogP contribution in [0.5, 0.6) is 0 Å². The van der Waals surface area contributed by atoms with Gasteiger partial charge in [0.25, 0.3) is 0 Å². The van der Waals surface area contributed by atoms with Gasteiger partial charge in [0.2, 0.25) is 0 Å². The van der Waals surface area contributed by atoms with Crippen LogP contribution in [0.2, 0.25) is 0 Å². The molecule has 2 heteroatoms. The highest BCUT2D eigenvalue weighted by atomic mass is 16.5. The second kappa shape index (κ2) is 5.56. The lowest BCUT2D eigenvalue weighted by molar-refractivity contribution is 0.0281. The molecule has 0 aliphatic heterocycles. The standard InChI is InChI=1S/C9H19NO/c10-7-4-8-11-9-5-2-1-3-6-9/h9H,1-8,10H2. The lowest BCUT2D eigenvalue weighted by Crippen LogP contribution is -2.18. The van der Waals surface area contributed by atoms with E-state index in [2.05, 4.69) is 0 Å². The minimum absolute atomic E-state index is 0.551. The van der Waals surface area contributed by atoms with Gasteiger partial charge >= 0.3 is 0 Å². The Balaban J connectivity index is 1.96. The molecule has 2 nitrogen and oxygen atoms in total. The van der Waals surface area contributed by atoms with Gasteiger partial charge in [-0.25, -0.2) is 0 Å². The summed E-state index contributed by atoms with van der Waals surface area (Å²) >= 11 is 0. The van der Waals surface area contributed by atoms with E-state index in [0.717, 1.165) is 19.6 Å². The number of hydrogen-bond donors (Lipinski definition) is 1. The summed E-state index contributed by atoms with van der Waals surface area (Å²) in [5.74, 6) is 0. The van der Waals surface area contributed by atoms with Gasteiger partial charge in [-0.05, 0) is 25.8 Å². The van der Waals surface area contributed by atoms with E-state index in [4.69, 9.17) is 10.5 Å². The van der Waals surface area contributed by atoms with Gasteiger partial charge in [-0.2, -0.15) is 0 Å². The van der Waals surface area contributed by atoms with Gasteiger partial charge in [0, 0.05) is 6.61 Å². The molecule has 0 heterocycles. The van der Waals surface area contributed by atoms with Crippen LogP contribution in [-0.2, 0) is 4.74 Å². The van der Waals surface area contributed by atoms with Crippen LogP contribution in [0.1, 0.15) is 38.5 Å². The van der Waals surface area contributed by atoms with Crippen LogP contribution in [-0.4, -0.2) is 19.3 Å². The number of hydrogen-bond acceptors (Lipinski definition) is 2. The summed E-state index contributed by atoms with van der Waals surface area (Å²) in [7, 11) is 0. The third kappa shape index (κ3) is 3.73. The number of nitrogens with two attached hydrogens (primary N) is 1. The van der Waals surface area contributed by atoms with Gasteiger partial charge < -0.3 is 10.5 Å². The summed E-state index contributed by atoms with van der Waals surface area (Å²) in [6.45, 7) is 1.62. The topological polar surface area (TPSA) is 35.2 Å². The van der Waals surface area contributed by atoms with Crippen LogP contribution in [0.15, 0.2) is 0 Å². The molecule has 0 aromatic heterocycles. The Kier molecular flexibility index (Phi) is 4.55. The predicted octanol–water partition coefficient (Wildman–Crippen LogP) is 1.68. The Morgan fingerprint density at radius 1 is 1.18 bits per heavy atom. The predicted molar refractivity (Wildman–Crippen MR) is 46.5 cm³/mol. The SMILES string of the molecule is NCCCOC1CCCCC1. The molecule has 0 spiro atoms. The summed E-state index contributed by atoms with van der Waals surface area (Å²) in [4.78, 5) is 0. The Hall–Kier alpha value is -0.0800. The molecule has 0 aromatic rings. The first-order chi connectivity index (χ1) is 5.43. The van der Waals surface area contributed by atoms with E-state index in [0.29, 0.717) is 6.10 Å². The van der Waals surface area contributed by atoms with Crippen molar-refractivity contribution in [2.45, 2.75) is 44.6 Å². The smallest absolute Gasteiger partial charge is 0.0575 e. The minimum atomic E-state index is 0.551. The molecule has 0 saturated heterocycles. The van der Waals surface area contributed by atoms with E-state index in [9.17, 15) is 0 Å². The van der Waals surface area contributed by atoms with Crippen LogP contribution < -0.4 is 5.73 Å². The average Bonchev–Trinajstić information content (AvgIpc) is 2.07. The first-order valence-electron chi connectivity index (χ1n) is 4.75. The van der Waals surface area contributed by atoms with Gasteiger partial charge in [-0.3, -0.25) is 0 Å². The third-order valence-corrected chi connectivity index (χ3v) is 2.25. The van der Waals surface area contributed by atoms with Gasteiger partial charge in [-0.15, -0.1) is 0 Å². The monoisotopic (exact) mass is 157 g/mol. The summed E-state index contributed by atoms with van der Waals surface area (Å²) in [6.07, 6.45) is 8.21. The lowest BCUT2D eigenvalue weighted by atomic mass is 9.98. The van der Waals surface area contributed by atoms with Crippen LogP contribution in [0.25, 0.3) is 0 Å². The van der Waals surface area contributed by atoms with Crippen molar-refractivity contribution in [1.29, 1.82) is 0 Å². The maximum atomic E-state index is 5.64. The molecule has 11 heavy (non-hydrogen) atoms. The summed E-state index contributed by atoms with van der Waals surface area (Å²) in [5, 5.41) is 0. The van der Waals surface area contributed by atoms with Crippen LogP contribution >= 0.6 is 0 Å². The van der Waals surface area contributed by atoms with E-state index < -0.39 is 0 Å². The molecule has 2 N–H and O–H groups in total. The molecule has 1 aliphatic rings. The fourth-order valence-corrected chi connectivity index (χ4v) is 1.57. The van der Waals surface area contributed by atoms with Crippen molar-refractivity contribution in [2.24, 2.45) is 5.73 Å². The van der Waals surface area contributed by atoms with Crippen molar-refractivity contribution in [3.63, 3.8) is 0 Å². The van der Waals surface area contributed by atoms with Gasteiger partial charge in [0.15, 0.2) is 0 Å². The molecular formula is C9H19NO. The largest absolute Gasteiger partial charge is 0.378 e. The lowest BCUT2D eigenvalue weighted by Gasteiger charge is -2.21. The third-order valence-electron chi connectivity index (χ3n) is 2.25. The molecule has 1 saturated carbocycles. The maximum absolute atomic E-state index is 5.64. The summed E-state index contributed by atoms with van der Waals surface area (Å²) in [6, 6.07) is 0. The number of ether oxygens (including phenoxy) is 1. The van der Waals surface area contributed by atoms with E-state index in [1.807, 2.05) is 0 Å². The first kappa shape index (κ1) is 9.01. The van der Waals surface area contributed by atoms with Crippen molar-refractivity contribution in [3.8, 4) is 0 Å². The Morgan fingerprint density at radius 2 is 1.91 bits per heavy atom. The van der Waals surface area contributed by atoms with Gasteiger partial charge in [0.1, 0.15) is 0 Å². The van der Waals surface area contributed by atoms with E-state index in [1.54, 1.807) is 0 Å². The van der Waals surface area contributed by atoms with Crippen molar-refractivity contribution < 1.29 is 4.74 Å². The van der Waals surface area contributed by atoms with E-state index in [-0.39, 0.29) is 0 Å². The Morgan fingerprint density at radius 3 is 2.55 bits per heavy atom. The summed E-state index contributed by atoms with van der Waals surface area (Å²) < 4.78 is 5.64. The molecular weight excluding hydrogens is 138 g/mol. The van der Waals surface area contributed by atoms with Crippen molar-refractivity contribution in [3.05, 3.63) is 0 Å². The fourth-order valence-electron chi connectivity index (χ4n) is 1.57. The average molecular weight is 157 g/mol. The van der Waals surface area contributed by atoms with E-state index >= 15 is 0 Å². The highest BCUT2D eigenvalue weighted by molar-refractivity contribution is 4.64. The van der Waals surface area contributed by atoms with Gasteiger partial charge in [0.05, 0.1) is 6.10 Å².